The van der Waals surface area contributed by atoms with Gasteiger partial charge in [-0.3, -0.25) is 4.79 Å². The highest BCUT2D eigenvalue weighted by Gasteiger charge is 2.19. The van der Waals surface area contributed by atoms with Crippen molar-refractivity contribution in [3.63, 3.8) is 0 Å². The molecule has 0 saturated carbocycles. The molecule has 0 bridgehead atoms. The molecule has 29 heavy (non-hydrogen) atoms. The Morgan fingerprint density at radius 3 is 2.28 bits per heavy atom. The van der Waals surface area contributed by atoms with Crippen LogP contribution in [-0.4, -0.2) is 34.4 Å². The molecule has 1 amide bonds. The van der Waals surface area contributed by atoms with Gasteiger partial charge in [0.1, 0.15) is 6.61 Å². The first-order chi connectivity index (χ1) is 14.1. The largest absolute Gasteiger partial charge is 0.457 e. The fourth-order valence-electron chi connectivity index (χ4n) is 3.59. The van der Waals surface area contributed by atoms with Gasteiger partial charge in [0.05, 0.1) is 5.56 Å². The van der Waals surface area contributed by atoms with Gasteiger partial charge in [-0.05, 0) is 67.3 Å². The van der Waals surface area contributed by atoms with Gasteiger partial charge < -0.3 is 14.2 Å². The average Bonchev–Trinajstić information content (AvgIpc) is 3.46. The smallest absolute Gasteiger partial charge is 0.338 e. The van der Waals surface area contributed by atoms with Crippen LogP contribution in [0.5, 0.6) is 0 Å². The number of aryl methyl sites for hydroxylation is 1. The number of benzene rings is 2. The molecule has 5 nitrogen and oxygen atoms in total. The molecule has 4 rings (SSSR count). The van der Waals surface area contributed by atoms with Gasteiger partial charge in [0.25, 0.3) is 5.91 Å². The maximum atomic E-state index is 12.5. The second kappa shape index (κ2) is 8.35. The number of nitrogens with zero attached hydrogens (tertiary/aromatic N) is 2. The van der Waals surface area contributed by atoms with Gasteiger partial charge in [0.15, 0.2) is 0 Å². The Kier molecular flexibility index (Phi) is 5.47. The monoisotopic (exact) mass is 388 g/mol. The highest BCUT2D eigenvalue weighted by Crippen LogP contribution is 2.18. The molecule has 1 aliphatic heterocycles. The lowest BCUT2D eigenvalue weighted by Crippen LogP contribution is -2.27. The summed E-state index contributed by atoms with van der Waals surface area (Å²) in [7, 11) is 0. The van der Waals surface area contributed by atoms with Crippen molar-refractivity contribution in [2.45, 2.75) is 26.4 Å². The summed E-state index contributed by atoms with van der Waals surface area (Å²) in [5.41, 5.74) is 4.08. The molecule has 0 aliphatic carbocycles. The maximum absolute atomic E-state index is 12.5. The van der Waals surface area contributed by atoms with E-state index < -0.39 is 0 Å². The molecule has 148 valence electrons. The summed E-state index contributed by atoms with van der Waals surface area (Å²) in [5, 5.41) is 0. The van der Waals surface area contributed by atoms with Gasteiger partial charge in [-0.25, -0.2) is 4.79 Å². The first-order valence-electron chi connectivity index (χ1n) is 9.91. The van der Waals surface area contributed by atoms with E-state index in [1.807, 2.05) is 65.2 Å². The summed E-state index contributed by atoms with van der Waals surface area (Å²) in [6.45, 7) is 3.85. The van der Waals surface area contributed by atoms with Gasteiger partial charge >= 0.3 is 5.97 Å². The molecule has 1 aromatic heterocycles. The molecule has 2 aromatic carbocycles. The van der Waals surface area contributed by atoms with Crippen LogP contribution < -0.4 is 0 Å². The van der Waals surface area contributed by atoms with Gasteiger partial charge in [0, 0.05) is 36.7 Å². The zero-order valence-electron chi connectivity index (χ0n) is 16.5. The summed E-state index contributed by atoms with van der Waals surface area (Å²) < 4.78 is 7.46. The Bertz CT molecular complexity index is 1000. The molecule has 0 spiro atoms. The van der Waals surface area contributed by atoms with Crippen LogP contribution in [0.2, 0.25) is 0 Å². The molecule has 0 unspecified atom stereocenters. The predicted octanol–water partition coefficient (Wildman–Crippen LogP) is 4.38. The van der Waals surface area contributed by atoms with E-state index in [1.165, 1.54) is 0 Å². The van der Waals surface area contributed by atoms with Crippen LogP contribution in [0, 0.1) is 6.92 Å². The molecule has 1 aliphatic rings. The molecule has 5 heteroatoms. The Balaban J connectivity index is 1.39. The summed E-state index contributed by atoms with van der Waals surface area (Å²) >= 11 is 0. The zero-order valence-corrected chi connectivity index (χ0v) is 16.5. The molecule has 0 radical (unpaired) electrons. The normalized spacial score (nSPS) is 13.5. The zero-order chi connectivity index (χ0) is 20.2. The third-order valence-corrected chi connectivity index (χ3v) is 5.29. The topological polar surface area (TPSA) is 51.5 Å². The number of hydrogen-bond donors (Lipinski definition) is 0. The lowest BCUT2D eigenvalue weighted by atomic mass is 10.1. The number of rotatable bonds is 5. The number of carbonyl (C=O) groups excluding carboxylic acids is 2. The lowest BCUT2D eigenvalue weighted by molar-refractivity contribution is 0.0472. The van der Waals surface area contributed by atoms with Crippen molar-refractivity contribution in [3.05, 3.63) is 89.2 Å². The third-order valence-electron chi connectivity index (χ3n) is 5.29. The van der Waals surface area contributed by atoms with E-state index in [1.54, 1.807) is 18.2 Å². The van der Waals surface area contributed by atoms with Crippen LogP contribution >= 0.6 is 0 Å². The van der Waals surface area contributed by atoms with Crippen molar-refractivity contribution in [3.8, 4) is 5.69 Å². The predicted molar refractivity (Wildman–Crippen MR) is 111 cm³/mol. The van der Waals surface area contributed by atoms with Crippen molar-refractivity contribution >= 4 is 11.9 Å². The van der Waals surface area contributed by atoms with Gasteiger partial charge in [-0.2, -0.15) is 0 Å². The molecule has 2 heterocycles. The van der Waals surface area contributed by atoms with Crippen molar-refractivity contribution in [1.82, 2.24) is 9.47 Å². The number of aromatic nitrogens is 1. The molecular weight excluding hydrogens is 364 g/mol. The van der Waals surface area contributed by atoms with E-state index in [0.717, 1.165) is 42.7 Å². The summed E-state index contributed by atoms with van der Waals surface area (Å²) in [6, 6.07) is 16.7. The molecule has 1 fully saturated rings. The first kappa shape index (κ1) is 19.0. The molecule has 0 atom stereocenters. The minimum atomic E-state index is -0.365. The van der Waals surface area contributed by atoms with Gasteiger partial charge in [-0.15, -0.1) is 0 Å². The standard InChI is InChI=1S/C24H24N2O3/c1-18-6-9-21(16-22(18)25-12-2-3-13-25)24(28)29-17-19-7-10-20(11-8-19)23(27)26-14-4-5-15-26/h2-3,6-13,16H,4-5,14-15,17H2,1H3. The van der Waals surface area contributed by atoms with E-state index in [2.05, 4.69) is 0 Å². The quantitative estimate of drug-likeness (QED) is 0.610. The summed E-state index contributed by atoms with van der Waals surface area (Å²) in [4.78, 5) is 26.8. The van der Waals surface area contributed by atoms with Gasteiger partial charge in [0.2, 0.25) is 0 Å². The second-order valence-electron chi connectivity index (χ2n) is 7.36. The highest BCUT2D eigenvalue weighted by atomic mass is 16.5. The molecule has 3 aromatic rings. The SMILES string of the molecule is Cc1ccc(C(=O)OCc2ccc(C(=O)N3CCCC3)cc2)cc1-n1cccc1. The van der Waals surface area contributed by atoms with Crippen LogP contribution in [-0.2, 0) is 11.3 Å². The number of ether oxygens (including phenoxy) is 1. The number of hydrogen-bond acceptors (Lipinski definition) is 3. The third kappa shape index (κ3) is 4.24. The van der Waals surface area contributed by atoms with E-state index in [9.17, 15) is 9.59 Å². The van der Waals surface area contributed by atoms with Crippen molar-refractivity contribution in [2.75, 3.05) is 13.1 Å². The summed E-state index contributed by atoms with van der Waals surface area (Å²) in [5.74, 6) is -0.293. The molecule has 0 N–H and O–H groups in total. The number of carbonyl (C=O) groups is 2. The fourth-order valence-corrected chi connectivity index (χ4v) is 3.59. The average molecular weight is 388 g/mol. The Morgan fingerprint density at radius 1 is 0.931 bits per heavy atom. The van der Waals surface area contributed by atoms with Crippen LogP contribution in [0.3, 0.4) is 0 Å². The number of esters is 1. The van der Waals surface area contributed by atoms with Crippen molar-refractivity contribution in [2.24, 2.45) is 0 Å². The van der Waals surface area contributed by atoms with Crippen molar-refractivity contribution < 1.29 is 14.3 Å². The van der Waals surface area contributed by atoms with Gasteiger partial charge in [-0.1, -0.05) is 18.2 Å². The minimum Gasteiger partial charge on any atom is -0.457 e. The molecule has 1 saturated heterocycles. The fraction of sp³-hybridized carbons (Fsp3) is 0.250. The van der Waals surface area contributed by atoms with Crippen LogP contribution in [0.1, 0.15) is 44.7 Å². The first-order valence-corrected chi connectivity index (χ1v) is 9.91. The number of amides is 1. The Hall–Kier alpha value is -3.34. The van der Waals surface area contributed by atoms with E-state index in [0.29, 0.717) is 11.1 Å². The number of likely N-dealkylation sites (tertiary alicyclic amines) is 1. The Labute approximate surface area is 170 Å². The van der Waals surface area contributed by atoms with Crippen LogP contribution in [0.15, 0.2) is 67.0 Å². The van der Waals surface area contributed by atoms with Crippen molar-refractivity contribution in [1.29, 1.82) is 0 Å². The van der Waals surface area contributed by atoms with E-state index in [-0.39, 0.29) is 18.5 Å². The minimum absolute atomic E-state index is 0.0724. The van der Waals surface area contributed by atoms with Crippen LogP contribution in [0.25, 0.3) is 5.69 Å². The van der Waals surface area contributed by atoms with E-state index >= 15 is 0 Å². The molecular formula is C24H24N2O3. The maximum Gasteiger partial charge on any atom is 0.338 e. The summed E-state index contributed by atoms with van der Waals surface area (Å²) in [6.07, 6.45) is 6.04. The van der Waals surface area contributed by atoms with E-state index in [4.69, 9.17) is 4.74 Å². The van der Waals surface area contributed by atoms with Crippen LogP contribution in [0.4, 0.5) is 0 Å². The lowest BCUT2D eigenvalue weighted by Gasteiger charge is -2.15. The highest BCUT2D eigenvalue weighted by molar-refractivity contribution is 5.94. The Morgan fingerprint density at radius 2 is 1.59 bits per heavy atom. The second-order valence-corrected chi connectivity index (χ2v) is 7.36.